The third-order valence-corrected chi connectivity index (χ3v) is 1.91. The molecule has 0 bridgehead atoms. The van der Waals surface area contributed by atoms with E-state index in [4.69, 9.17) is 14.9 Å². The molecule has 1 saturated heterocycles. The highest BCUT2D eigenvalue weighted by Gasteiger charge is 2.33. The van der Waals surface area contributed by atoms with Crippen LogP contribution in [0.1, 0.15) is 13.3 Å². The minimum absolute atomic E-state index is 0.213. The Morgan fingerprint density at radius 1 is 1.45 bits per heavy atom. The summed E-state index contributed by atoms with van der Waals surface area (Å²) in [7, 11) is 0. The second kappa shape index (κ2) is 3.30. The number of aliphatic hydroxyl groups excluding tert-OH is 2. The summed E-state index contributed by atoms with van der Waals surface area (Å²) in [4.78, 5) is 10.3. The van der Waals surface area contributed by atoms with Crippen LogP contribution in [-0.4, -0.2) is 40.9 Å². The summed E-state index contributed by atoms with van der Waals surface area (Å²) in [5.74, 6) is 0. The van der Waals surface area contributed by atoms with Crippen LogP contribution in [0.15, 0.2) is 0 Å². The Morgan fingerprint density at radius 3 is 2.64 bits per heavy atom. The second-order valence-electron chi connectivity index (χ2n) is 2.81. The molecule has 4 atom stereocenters. The zero-order valence-electron chi connectivity index (χ0n) is 6.30. The van der Waals surface area contributed by atoms with Crippen LogP contribution in [-0.2, 0) is 9.53 Å². The predicted molar refractivity (Wildman–Crippen MR) is 37.0 cm³/mol. The van der Waals surface area contributed by atoms with Crippen LogP contribution >= 0.6 is 0 Å². The molecule has 0 radical (unpaired) electrons. The zero-order chi connectivity index (χ0) is 8.43. The van der Waals surface area contributed by atoms with Gasteiger partial charge in [-0.3, -0.25) is 0 Å². The summed E-state index contributed by atoms with van der Waals surface area (Å²) in [5, 5.41) is 18.3. The number of ether oxygens (including phenoxy) is 1. The fourth-order valence-electron chi connectivity index (χ4n) is 1.13. The Bertz CT molecular complexity index is 147. The molecule has 0 amide bonds. The van der Waals surface area contributed by atoms with Crippen LogP contribution in [0.3, 0.4) is 0 Å². The molecule has 64 valence electrons. The molecular formula is C7H12O4. The molecule has 4 nitrogen and oxygen atoms in total. The Kier molecular flexibility index (Phi) is 2.59. The second-order valence-corrected chi connectivity index (χ2v) is 2.81. The Morgan fingerprint density at radius 2 is 2.09 bits per heavy atom. The summed E-state index contributed by atoms with van der Waals surface area (Å²) in [6, 6.07) is 0. The van der Waals surface area contributed by atoms with Crippen molar-refractivity contribution in [2.75, 3.05) is 0 Å². The molecule has 0 aromatic heterocycles. The average molecular weight is 160 g/mol. The highest BCUT2D eigenvalue weighted by atomic mass is 16.5. The van der Waals surface area contributed by atoms with Crippen LogP contribution in [0.5, 0.6) is 0 Å². The molecule has 0 saturated carbocycles. The first-order valence-corrected chi connectivity index (χ1v) is 3.62. The maximum Gasteiger partial charge on any atom is 0.151 e. The van der Waals surface area contributed by atoms with Crippen molar-refractivity contribution >= 4 is 6.29 Å². The summed E-state index contributed by atoms with van der Waals surface area (Å²) < 4.78 is 4.99. The minimum atomic E-state index is -0.862. The lowest BCUT2D eigenvalue weighted by molar-refractivity contribution is -0.165. The Balaban J connectivity index is 2.54. The monoisotopic (exact) mass is 160 g/mol. The Hall–Kier alpha value is -0.450. The smallest absolute Gasteiger partial charge is 0.151 e. The lowest BCUT2D eigenvalue weighted by atomic mass is 10.00. The number of aliphatic hydroxyl groups is 2. The number of aldehydes is 1. The van der Waals surface area contributed by atoms with Gasteiger partial charge in [-0.2, -0.15) is 0 Å². The highest BCUT2D eigenvalue weighted by Crippen LogP contribution is 2.18. The van der Waals surface area contributed by atoms with E-state index in [1.807, 2.05) is 0 Å². The first-order chi connectivity index (χ1) is 5.15. The number of rotatable bonds is 1. The van der Waals surface area contributed by atoms with Gasteiger partial charge in [-0.15, -0.1) is 0 Å². The molecule has 0 aromatic carbocycles. The summed E-state index contributed by atoms with van der Waals surface area (Å²) in [6.45, 7) is 1.67. The molecular weight excluding hydrogens is 148 g/mol. The van der Waals surface area contributed by atoms with E-state index in [2.05, 4.69) is 0 Å². The van der Waals surface area contributed by atoms with Crippen LogP contribution in [0, 0.1) is 0 Å². The zero-order valence-corrected chi connectivity index (χ0v) is 6.30. The van der Waals surface area contributed by atoms with Crippen LogP contribution < -0.4 is 0 Å². The van der Waals surface area contributed by atoms with Gasteiger partial charge in [-0.05, 0) is 6.92 Å². The van der Waals surface area contributed by atoms with Crippen LogP contribution in [0.2, 0.25) is 0 Å². The quantitative estimate of drug-likeness (QED) is 0.487. The standard InChI is InChI=1S/C7H12O4/c1-4-5(9)2-6(10)7(3-8)11-4/h3-7,9-10H,2H2,1H3. The van der Waals surface area contributed by atoms with Gasteiger partial charge in [0.05, 0.1) is 18.3 Å². The Labute approximate surface area is 64.8 Å². The van der Waals surface area contributed by atoms with Crippen molar-refractivity contribution in [3.63, 3.8) is 0 Å². The van der Waals surface area contributed by atoms with Gasteiger partial charge in [0.2, 0.25) is 0 Å². The maximum absolute atomic E-state index is 10.3. The van der Waals surface area contributed by atoms with Gasteiger partial charge in [0.1, 0.15) is 6.10 Å². The molecule has 0 aliphatic carbocycles. The van der Waals surface area contributed by atoms with E-state index in [1.54, 1.807) is 6.92 Å². The van der Waals surface area contributed by atoms with Gasteiger partial charge in [0.15, 0.2) is 6.29 Å². The van der Waals surface area contributed by atoms with Crippen molar-refractivity contribution in [2.45, 2.75) is 37.8 Å². The van der Waals surface area contributed by atoms with E-state index >= 15 is 0 Å². The number of carbonyl (C=O) groups excluding carboxylic acids is 1. The normalized spacial score (nSPS) is 45.4. The fraction of sp³-hybridized carbons (Fsp3) is 0.857. The first-order valence-electron chi connectivity index (χ1n) is 3.62. The number of hydrogen-bond donors (Lipinski definition) is 2. The minimum Gasteiger partial charge on any atom is -0.390 e. The van der Waals surface area contributed by atoms with Crippen molar-refractivity contribution in [1.29, 1.82) is 0 Å². The third kappa shape index (κ3) is 1.77. The van der Waals surface area contributed by atoms with Crippen molar-refractivity contribution in [3.8, 4) is 0 Å². The summed E-state index contributed by atoms with van der Waals surface area (Å²) >= 11 is 0. The maximum atomic E-state index is 10.3. The first kappa shape index (κ1) is 8.64. The van der Waals surface area contributed by atoms with Gasteiger partial charge in [0, 0.05) is 6.42 Å². The molecule has 4 heteroatoms. The van der Waals surface area contributed by atoms with Gasteiger partial charge in [-0.25, -0.2) is 0 Å². The van der Waals surface area contributed by atoms with Crippen molar-refractivity contribution in [2.24, 2.45) is 0 Å². The van der Waals surface area contributed by atoms with Gasteiger partial charge in [-0.1, -0.05) is 0 Å². The molecule has 2 N–H and O–H groups in total. The molecule has 11 heavy (non-hydrogen) atoms. The molecule has 0 spiro atoms. The van der Waals surface area contributed by atoms with Gasteiger partial charge < -0.3 is 19.7 Å². The fourth-order valence-corrected chi connectivity index (χ4v) is 1.13. The lowest BCUT2D eigenvalue weighted by Gasteiger charge is -2.32. The molecule has 1 aliphatic heterocycles. The largest absolute Gasteiger partial charge is 0.390 e. The van der Waals surface area contributed by atoms with Crippen molar-refractivity contribution in [3.05, 3.63) is 0 Å². The molecule has 1 heterocycles. The van der Waals surface area contributed by atoms with E-state index in [0.717, 1.165) is 0 Å². The summed E-state index contributed by atoms with van der Waals surface area (Å²) in [6.07, 6.45) is -1.89. The molecule has 1 fully saturated rings. The van der Waals surface area contributed by atoms with E-state index in [-0.39, 0.29) is 12.5 Å². The number of carbonyl (C=O) groups is 1. The molecule has 4 unspecified atom stereocenters. The van der Waals surface area contributed by atoms with Gasteiger partial charge in [0.25, 0.3) is 0 Å². The summed E-state index contributed by atoms with van der Waals surface area (Å²) in [5.41, 5.74) is 0. The molecule has 0 aromatic rings. The average Bonchev–Trinajstić information content (AvgIpc) is 1.97. The highest BCUT2D eigenvalue weighted by molar-refractivity contribution is 5.57. The van der Waals surface area contributed by atoms with Crippen LogP contribution in [0.4, 0.5) is 0 Å². The van der Waals surface area contributed by atoms with E-state index in [1.165, 1.54) is 0 Å². The third-order valence-electron chi connectivity index (χ3n) is 1.91. The van der Waals surface area contributed by atoms with E-state index in [0.29, 0.717) is 6.29 Å². The molecule has 1 aliphatic rings. The number of hydrogen-bond acceptors (Lipinski definition) is 4. The van der Waals surface area contributed by atoms with E-state index in [9.17, 15) is 4.79 Å². The molecule has 1 rings (SSSR count). The van der Waals surface area contributed by atoms with Crippen molar-refractivity contribution < 1.29 is 19.7 Å². The van der Waals surface area contributed by atoms with E-state index < -0.39 is 18.3 Å². The predicted octanol–water partition coefficient (Wildman–Crippen LogP) is -0.916. The topological polar surface area (TPSA) is 66.8 Å². The van der Waals surface area contributed by atoms with Crippen LogP contribution in [0.25, 0.3) is 0 Å². The SMILES string of the molecule is CC1OC(C=O)C(O)CC1O. The lowest BCUT2D eigenvalue weighted by Crippen LogP contribution is -2.46. The van der Waals surface area contributed by atoms with Gasteiger partial charge >= 0.3 is 0 Å². The van der Waals surface area contributed by atoms with Crippen molar-refractivity contribution in [1.82, 2.24) is 0 Å².